The molecule has 16 heavy (non-hydrogen) atoms. The number of β-lactam (4-membered cyclic amide) rings is 1. The molecule has 4 nitrogen and oxygen atoms in total. The van der Waals surface area contributed by atoms with Crippen LogP contribution in [0.1, 0.15) is 34.1 Å². The Bertz CT molecular complexity index is 256. The van der Waals surface area contributed by atoms with Crippen LogP contribution in [0.15, 0.2) is 0 Å². The summed E-state index contributed by atoms with van der Waals surface area (Å²) in [4.78, 5) is 10.9. The summed E-state index contributed by atoms with van der Waals surface area (Å²) in [6, 6.07) is -0.188. The first-order chi connectivity index (χ1) is 7.34. The molecule has 1 aliphatic heterocycles. The smallest absolute Gasteiger partial charge is 0.239 e. The molecule has 0 aromatic heterocycles. The molecule has 0 saturated carbocycles. The van der Waals surface area contributed by atoms with E-state index in [0.29, 0.717) is 11.0 Å². The standard InChI is InChI=1S/C11H24N2O2Si/c1-7(2)11(3,4)16-15-6-5-8-9(12)10(14)13-8/h7-9H,5-6,12,16H2,1-4H3,(H,13,14)/t8-,9+/m1/s1. The molecule has 1 saturated heterocycles. The number of rotatable bonds is 6. The lowest BCUT2D eigenvalue weighted by Crippen LogP contribution is -2.66. The second kappa shape index (κ2) is 5.29. The van der Waals surface area contributed by atoms with E-state index in [1.807, 2.05) is 0 Å². The second-order valence-corrected chi connectivity index (χ2v) is 8.14. The number of amides is 1. The average molecular weight is 244 g/mol. The lowest BCUT2D eigenvalue weighted by molar-refractivity contribution is -0.130. The summed E-state index contributed by atoms with van der Waals surface area (Å²) in [5.74, 6) is 0.620. The average Bonchev–Trinajstić information content (AvgIpc) is 2.21. The number of hydrogen-bond donors (Lipinski definition) is 2. The van der Waals surface area contributed by atoms with Crippen molar-refractivity contribution in [1.29, 1.82) is 0 Å². The fourth-order valence-electron chi connectivity index (χ4n) is 1.42. The quantitative estimate of drug-likeness (QED) is 0.397. The molecular formula is C11H24N2O2Si. The molecular weight excluding hydrogens is 220 g/mol. The molecule has 1 aliphatic rings. The Morgan fingerprint density at radius 1 is 1.56 bits per heavy atom. The van der Waals surface area contributed by atoms with Crippen LogP contribution in [0.3, 0.4) is 0 Å². The maximum absolute atomic E-state index is 10.9. The lowest BCUT2D eigenvalue weighted by Gasteiger charge is -2.34. The predicted molar refractivity (Wildman–Crippen MR) is 67.9 cm³/mol. The van der Waals surface area contributed by atoms with E-state index >= 15 is 0 Å². The molecule has 0 unspecified atom stereocenters. The summed E-state index contributed by atoms with van der Waals surface area (Å²) in [6.07, 6.45) is 0.841. The van der Waals surface area contributed by atoms with Gasteiger partial charge in [-0.05, 0) is 17.4 Å². The van der Waals surface area contributed by atoms with Gasteiger partial charge in [0.2, 0.25) is 5.91 Å². The molecule has 94 valence electrons. The van der Waals surface area contributed by atoms with Gasteiger partial charge in [-0.15, -0.1) is 0 Å². The minimum absolute atomic E-state index is 0.0373. The first-order valence-electron chi connectivity index (χ1n) is 5.98. The Morgan fingerprint density at radius 2 is 2.19 bits per heavy atom. The van der Waals surface area contributed by atoms with Crippen LogP contribution >= 0.6 is 0 Å². The third kappa shape index (κ3) is 3.30. The molecule has 1 rings (SSSR count). The molecule has 5 heteroatoms. The highest BCUT2D eigenvalue weighted by Crippen LogP contribution is 2.32. The Kier molecular flexibility index (Phi) is 4.52. The molecule has 0 aromatic carbocycles. The Balaban J connectivity index is 2.11. The number of carbonyl (C=O) groups is 1. The number of nitrogens with one attached hydrogen (secondary N) is 1. The molecule has 0 aliphatic carbocycles. The van der Waals surface area contributed by atoms with E-state index in [9.17, 15) is 4.79 Å². The molecule has 0 bridgehead atoms. The highest BCUT2D eigenvalue weighted by molar-refractivity contribution is 6.32. The van der Waals surface area contributed by atoms with Gasteiger partial charge in [-0.2, -0.15) is 0 Å². The van der Waals surface area contributed by atoms with Gasteiger partial charge >= 0.3 is 0 Å². The fraction of sp³-hybridized carbons (Fsp3) is 0.909. The van der Waals surface area contributed by atoms with E-state index in [-0.39, 0.29) is 18.0 Å². The van der Waals surface area contributed by atoms with E-state index < -0.39 is 9.76 Å². The summed E-state index contributed by atoms with van der Waals surface area (Å²) in [6.45, 7) is 9.72. The predicted octanol–water partition coefficient (Wildman–Crippen LogP) is 0.157. The third-order valence-corrected chi connectivity index (χ3v) is 5.73. The van der Waals surface area contributed by atoms with Gasteiger partial charge in [0, 0.05) is 6.61 Å². The Labute approximate surface area is 100 Å². The van der Waals surface area contributed by atoms with Crippen LogP contribution in [-0.4, -0.2) is 34.4 Å². The molecule has 1 fully saturated rings. The molecule has 0 spiro atoms. The first kappa shape index (κ1) is 13.7. The SMILES string of the molecule is CC(C)C(C)(C)[SiH2]OCC[C@H]1NC(=O)[C@H]1N. The van der Waals surface area contributed by atoms with Gasteiger partial charge in [-0.3, -0.25) is 4.79 Å². The van der Waals surface area contributed by atoms with Crippen molar-refractivity contribution in [3.05, 3.63) is 0 Å². The van der Waals surface area contributed by atoms with Crippen LogP contribution in [0.5, 0.6) is 0 Å². The summed E-state index contributed by atoms with van der Waals surface area (Å²) in [5.41, 5.74) is 5.63. The van der Waals surface area contributed by atoms with Gasteiger partial charge in [-0.1, -0.05) is 27.7 Å². The lowest BCUT2D eigenvalue weighted by atomic mass is 9.97. The van der Waals surface area contributed by atoms with Crippen molar-refractivity contribution < 1.29 is 9.22 Å². The summed E-state index contributed by atoms with van der Waals surface area (Å²) < 4.78 is 5.78. The maximum atomic E-state index is 10.9. The van der Waals surface area contributed by atoms with Crippen LogP contribution in [0.25, 0.3) is 0 Å². The minimum atomic E-state index is -0.518. The topological polar surface area (TPSA) is 64.3 Å². The molecule has 0 radical (unpaired) electrons. The van der Waals surface area contributed by atoms with Crippen LogP contribution in [0.2, 0.25) is 5.04 Å². The van der Waals surface area contributed by atoms with Crippen molar-refractivity contribution in [1.82, 2.24) is 5.32 Å². The number of carbonyl (C=O) groups excluding carboxylic acids is 1. The van der Waals surface area contributed by atoms with Crippen molar-refractivity contribution in [3.63, 3.8) is 0 Å². The summed E-state index contributed by atoms with van der Waals surface area (Å²) in [5, 5.41) is 3.12. The first-order valence-corrected chi connectivity index (χ1v) is 7.27. The van der Waals surface area contributed by atoms with Crippen molar-refractivity contribution in [2.75, 3.05) is 6.61 Å². The molecule has 2 atom stereocenters. The van der Waals surface area contributed by atoms with E-state index in [0.717, 1.165) is 13.0 Å². The van der Waals surface area contributed by atoms with Crippen LogP contribution in [-0.2, 0) is 9.22 Å². The Morgan fingerprint density at radius 3 is 2.62 bits per heavy atom. The van der Waals surface area contributed by atoms with Gasteiger partial charge in [0.05, 0.1) is 6.04 Å². The van der Waals surface area contributed by atoms with Crippen molar-refractivity contribution in [2.24, 2.45) is 11.7 Å². The van der Waals surface area contributed by atoms with Gasteiger partial charge in [0.25, 0.3) is 0 Å². The van der Waals surface area contributed by atoms with Crippen LogP contribution in [0.4, 0.5) is 0 Å². The normalized spacial score (nSPS) is 26.2. The van der Waals surface area contributed by atoms with Gasteiger partial charge in [0.15, 0.2) is 9.76 Å². The largest absolute Gasteiger partial charge is 0.423 e. The zero-order valence-corrected chi connectivity index (χ0v) is 12.2. The maximum Gasteiger partial charge on any atom is 0.239 e. The van der Waals surface area contributed by atoms with Gasteiger partial charge in [0.1, 0.15) is 6.04 Å². The molecule has 1 amide bonds. The van der Waals surface area contributed by atoms with Gasteiger partial charge < -0.3 is 15.5 Å². The van der Waals surface area contributed by atoms with Crippen molar-refractivity contribution >= 4 is 15.7 Å². The summed E-state index contributed by atoms with van der Waals surface area (Å²) >= 11 is 0. The number of hydrogen-bond acceptors (Lipinski definition) is 3. The van der Waals surface area contributed by atoms with Gasteiger partial charge in [-0.25, -0.2) is 0 Å². The molecule has 3 N–H and O–H groups in total. The monoisotopic (exact) mass is 244 g/mol. The van der Waals surface area contributed by atoms with E-state index in [1.54, 1.807) is 0 Å². The van der Waals surface area contributed by atoms with Crippen LogP contribution < -0.4 is 11.1 Å². The van der Waals surface area contributed by atoms with E-state index in [2.05, 4.69) is 33.0 Å². The van der Waals surface area contributed by atoms with E-state index in [4.69, 9.17) is 10.2 Å². The third-order valence-electron chi connectivity index (χ3n) is 3.67. The molecule has 1 heterocycles. The zero-order valence-electron chi connectivity index (χ0n) is 10.7. The zero-order chi connectivity index (χ0) is 12.3. The Hall–Kier alpha value is -0.393. The minimum Gasteiger partial charge on any atom is -0.423 e. The van der Waals surface area contributed by atoms with Crippen molar-refractivity contribution in [2.45, 2.75) is 51.2 Å². The van der Waals surface area contributed by atoms with Crippen LogP contribution in [0, 0.1) is 5.92 Å². The highest BCUT2D eigenvalue weighted by Gasteiger charge is 2.35. The van der Waals surface area contributed by atoms with Crippen molar-refractivity contribution in [3.8, 4) is 0 Å². The van der Waals surface area contributed by atoms with E-state index in [1.165, 1.54) is 0 Å². The second-order valence-electron chi connectivity index (χ2n) is 5.63. The highest BCUT2D eigenvalue weighted by atomic mass is 28.2. The fourth-order valence-corrected chi connectivity index (χ4v) is 2.59. The molecule has 0 aromatic rings. The summed E-state index contributed by atoms with van der Waals surface area (Å²) in [7, 11) is -0.518. The number of nitrogens with two attached hydrogens (primary N) is 1.